The average molecular weight is 507 g/mol. The third kappa shape index (κ3) is 5.66. The summed E-state index contributed by atoms with van der Waals surface area (Å²) in [4.78, 5) is 6.26. The summed E-state index contributed by atoms with van der Waals surface area (Å²) in [6.07, 6.45) is 2.49. The number of aromatic nitrogens is 3. The number of benzene rings is 1. The summed E-state index contributed by atoms with van der Waals surface area (Å²) < 4.78 is 31.7. The molecule has 2 N–H and O–H groups in total. The largest absolute Gasteiger partial charge is 0.433 e. The number of halogens is 3. The van der Waals surface area contributed by atoms with E-state index in [1.165, 1.54) is 0 Å². The van der Waals surface area contributed by atoms with Crippen LogP contribution in [0, 0.1) is 0 Å². The van der Waals surface area contributed by atoms with Gasteiger partial charge in [0.05, 0.1) is 12.2 Å². The lowest BCUT2D eigenvalue weighted by Gasteiger charge is -2.22. The van der Waals surface area contributed by atoms with Crippen molar-refractivity contribution in [2.24, 2.45) is 12.0 Å². The van der Waals surface area contributed by atoms with E-state index >= 15 is 0 Å². The van der Waals surface area contributed by atoms with Crippen LogP contribution in [0.15, 0.2) is 35.6 Å². The van der Waals surface area contributed by atoms with Crippen LogP contribution in [0.3, 0.4) is 0 Å². The van der Waals surface area contributed by atoms with Crippen molar-refractivity contribution in [3.63, 3.8) is 0 Å². The van der Waals surface area contributed by atoms with Crippen LogP contribution >= 0.6 is 24.0 Å². The number of guanidine groups is 1. The minimum Gasteiger partial charge on any atom is -0.433 e. The topological polar surface area (TPSA) is 79.6 Å². The molecule has 28 heavy (non-hydrogen) atoms. The molecule has 1 aliphatic rings. The second kappa shape index (κ2) is 10.4. The van der Waals surface area contributed by atoms with Crippen molar-refractivity contribution >= 4 is 35.6 Å². The SMILES string of the molecule is CN=C(NCc1nncn1C)NC1CCN(c2ccccc2OC(F)F)C1.I. The number of rotatable bonds is 6. The van der Waals surface area contributed by atoms with Crippen LogP contribution in [0.25, 0.3) is 0 Å². The number of nitrogens with one attached hydrogen (secondary N) is 2. The Labute approximate surface area is 179 Å². The molecule has 1 saturated heterocycles. The maximum atomic E-state index is 12.6. The van der Waals surface area contributed by atoms with E-state index in [2.05, 4.69) is 30.6 Å². The normalized spacial score (nSPS) is 16.8. The molecule has 2 heterocycles. The van der Waals surface area contributed by atoms with Gasteiger partial charge in [0.25, 0.3) is 0 Å². The van der Waals surface area contributed by atoms with Crippen LogP contribution in [-0.4, -0.2) is 53.5 Å². The standard InChI is InChI=1S/C17H23F2N7O.HI/c1-20-17(21-9-15-24-22-11-25(15)2)23-12-7-8-26(10-12)13-5-3-4-6-14(13)27-16(18)19;/h3-6,11-12,16H,7-10H2,1-2H3,(H2,20,21,23);1H. The Bertz CT molecular complexity index is 786. The van der Waals surface area contributed by atoms with Crippen LogP contribution in [-0.2, 0) is 13.6 Å². The minimum atomic E-state index is -2.84. The summed E-state index contributed by atoms with van der Waals surface area (Å²) in [5, 5.41) is 14.4. The Balaban J connectivity index is 0.00000280. The van der Waals surface area contributed by atoms with Gasteiger partial charge in [-0.1, -0.05) is 12.1 Å². The molecule has 0 saturated carbocycles. The third-order valence-electron chi connectivity index (χ3n) is 4.39. The molecule has 1 aromatic heterocycles. The summed E-state index contributed by atoms with van der Waals surface area (Å²) in [5.74, 6) is 1.64. The second-order valence-electron chi connectivity index (χ2n) is 6.21. The summed E-state index contributed by atoms with van der Waals surface area (Å²) >= 11 is 0. The maximum absolute atomic E-state index is 12.6. The van der Waals surface area contributed by atoms with Gasteiger partial charge in [-0.05, 0) is 18.6 Å². The number of alkyl halides is 2. The van der Waals surface area contributed by atoms with Gasteiger partial charge in [-0.25, -0.2) is 0 Å². The first-order valence-corrected chi connectivity index (χ1v) is 8.65. The van der Waals surface area contributed by atoms with Crippen LogP contribution in [0.1, 0.15) is 12.2 Å². The van der Waals surface area contributed by atoms with Crippen LogP contribution < -0.4 is 20.3 Å². The Morgan fingerprint density at radius 1 is 1.39 bits per heavy atom. The predicted molar refractivity (Wildman–Crippen MR) is 113 cm³/mol. The molecule has 1 atom stereocenters. The quantitative estimate of drug-likeness (QED) is 0.354. The highest BCUT2D eigenvalue weighted by Gasteiger charge is 2.26. The maximum Gasteiger partial charge on any atom is 0.387 e. The second-order valence-corrected chi connectivity index (χ2v) is 6.21. The molecule has 1 unspecified atom stereocenters. The first kappa shape index (κ1) is 22.1. The molecule has 0 bridgehead atoms. The number of nitrogens with zero attached hydrogens (tertiary/aromatic N) is 5. The number of hydrogen-bond donors (Lipinski definition) is 2. The number of aliphatic imine (C=N–C) groups is 1. The molecular weight excluding hydrogens is 483 g/mol. The molecule has 0 aliphatic carbocycles. The Kier molecular flexibility index (Phi) is 8.20. The van der Waals surface area contributed by atoms with Crippen molar-refractivity contribution in [3.05, 3.63) is 36.4 Å². The lowest BCUT2D eigenvalue weighted by atomic mass is 10.2. The van der Waals surface area contributed by atoms with Gasteiger partial charge in [-0.15, -0.1) is 34.2 Å². The monoisotopic (exact) mass is 507 g/mol. The minimum absolute atomic E-state index is 0. The van der Waals surface area contributed by atoms with Gasteiger partial charge in [0, 0.05) is 33.2 Å². The molecule has 0 spiro atoms. The highest BCUT2D eigenvalue weighted by molar-refractivity contribution is 14.0. The van der Waals surface area contributed by atoms with Crippen molar-refractivity contribution in [3.8, 4) is 5.75 Å². The Morgan fingerprint density at radius 3 is 2.86 bits per heavy atom. The van der Waals surface area contributed by atoms with Gasteiger partial charge in [0.1, 0.15) is 12.1 Å². The fourth-order valence-electron chi connectivity index (χ4n) is 3.03. The van der Waals surface area contributed by atoms with E-state index < -0.39 is 6.61 Å². The zero-order valence-electron chi connectivity index (χ0n) is 15.7. The van der Waals surface area contributed by atoms with Gasteiger partial charge in [0.15, 0.2) is 11.8 Å². The number of hydrogen-bond acceptors (Lipinski definition) is 5. The van der Waals surface area contributed by atoms with Crippen molar-refractivity contribution in [1.82, 2.24) is 25.4 Å². The molecular formula is C17H24F2IN7O. The molecule has 11 heteroatoms. The molecule has 1 aliphatic heterocycles. The van der Waals surface area contributed by atoms with Crippen LogP contribution in [0.2, 0.25) is 0 Å². The van der Waals surface area contributed by atoms with Crippen LogP contribution in [0.4, 0.5) is 14.5 Å². The molecule has 0 radical (unpaired) electrons. The smallest absolute Gasteiger partial charge is 0.387 e. The van der Waals surface area contributed by atoms with Gasteiger partial charge < -0.3 is 24.8 Å². The number of anilines is 1. The molecule has 1 fully saturated rings. The molecule has 1 aromatic carbocycles. The van der Waals surface area contributed by atoms with E-state index in [1.807, 2.05) is 22.6 Å². The lowest BCUT2D eigenvalue weighted by molar-refractivity contribution is -0.0495. The van der Waals surface area contributed by atoms with Gasteiger partial charge in [-0.2, -0.15) is 8.78 Å². The van der Waals surface area contributed by atoms with E-state index in [9.17, 15) is 8.78 Å². The summed E-state index contributed by atoms with van der Waals surface area (Å²) in [7, 11) is 3.57. The number of aryl methyl sites for hydroxylation is 1. The van der Waals surface area contributed by atoms with Gasteiger partial charge in [0.2, 0.25) is 0 Å². The summed E-state index contributed by atoms with van der Waals surface area (Å²) in [5.41, 5.74) is 0.670. The van der Waals surface area contributed by atoms with E-state index in [0.717, 1.165) is 18.8 Å². The van der Waals surface area contributed by atoms with E-state index in [1.54, 1.807) is 31.6 Å². The van der Waals surface area contributed by atoms with E-state index in [0.29, 0.717) is 24.7 Å². The fourth-order valence-corrected chi connectivity index (χ4v) is 3.03. The lowest BCUT2D eigenvalue weighted by Crippen LogP contribution is -2.44. The van der Waals surface area contributed by atoms with E-state index in [-0.39, 0.29) is 35.8 Å². The van der Waals surface area contributed by atoms with E-state index in [4.69, 9.17) is 0 Å². The molecule has 154 valence electrons. The van der Waals surface area contributed by atoms with Gasteiger partial charge >= 0.3 is 6.61 Å². The molecule has 0 amide bonds. The first-order valence-electron chi connectivity index (χ1n) is 8.65. The summed E-state index contributed by atoms with van der Waals surface area (Å²) in [6.45, 7) is -0.945. The van der Waals surface area contributed by atoms with Crippen LogP contribution in [0.5, 0.6) is 5.75 Å². The first-order chi connectivity index (χ1) is 13.1. The molecule has 8 nitrogen and oxygen atoms in total. The zero-order valence-corrected chi connectivity index (χ0v) is 18.0. The van der Waals surface area contributed by atoms with Gasteiger partial charge in [-0.3, -0.25) is 4.99 Å². The zero-order chi connectivity index (χ0) is 19.2. The molecule has 3 rings (SSSR count). The highest BCUT2D eigenvalue weighted by atomic mass is 127. The van der Waals surface area contributed by atoms with Crippen molar-refractivity contribution in [2.45, 2.75) is 25.6 Å². The highest BCUT2D eigenvalue weighted by Crippen LogP contribution is 2.31. The third-order valence-corrected chi connectivity index (χ3v) is 4.39. The number of para-hydroxylation sites is 2. The summed E-state index contributed by atoms with van der Waals surface area (Å²) in [6, 6.07) is 6.99. The Morgan fingerprint density at radius 2 is 2.18 bits per heavy atom. The van der Waals surface area contributed by atoms with Crippen molar-refractivity contribution in [1.29, 1.82) is 0 Å². The van der Waals surface area contributed by atoms with Crippen molar-refractivity contribution in [2.75, 3.05) is 25.0 Å². The number of ether oxygens (including phenoxy) is 1. The average Bonchev–Trinajstić information content (AvgIpc) is 3.27. The molecule has 2 aromatic rings. The Hall–Kier alpha value is -2.18. The predicted octanol–water partition coefficient (Wildman–Crippen LogP) is 1.98. The fraction of sp³-hybridized carbons (Fsp3) is 0.471. The van der Waals surface area contributed by atoms with Crippen molar-refractivity contribution < 1.29 is 13.5 Å².